The van der Waals surface area contributed by atoms with Crippen LogP contribution in [-0.2, 0) is 0 Å². The van der Waals surface area contributed by atoms with Gasteiger partial charge in [-0.05, 0) is 42.9 Å². The highest BCUT2D eigenvalue weighted by molar-refractivity contribution is 9.10. The number of aromatic hydroxyl groups is 1. The summed E-state index contributed by atoms with van der Waals surface area (Å²) >= 11 is 3.45. The van der Waals surface area contributed by atoms with E-state index < -0.39 is 0 Å². The molecule has 0 saturated heterocycles. The normalized spacial score (nSPS) is 13.4. The second kappa shape index (κ2) is 8.01. The lowest BCUT2D eigenvalue weighted by Crippen LogP contribution is -2.32. The molecule has 0 heterocycles. The summed E-state index contributed by atoms with van der Waals surface area (Å²) < 4.78 is 0.977. The van der Waals surface area contributed by atoms with Crippen LogP contribution >= 0.6 is 15.9 Å². The van der Waals surface area contributed by atoms with Crippen molar-refractivity contribution >= 4 is 15.9 Å². The molecule has 1 atom stereocenters. The maximum atomic E-state index is 10.0. The molecule has 3 N–H and O–H groups in total. The number of phenolic OH excluding ortho intramolecular Hbond substituents is 1. The van der Waals surface area contributed by atoms with Crippen molar-refractivity contribution in [3.05, 3.63) is 28.2 Å². The van der Waals surface area contributed by atoms with Crippen molar-refractivity contribution in [2.24, 2.45) is 5.41 Å². The van der Waals surface area contributed by atoms with Crippen molar-refractivity contribution in [2.45, 2.75) is 46.1 Å². The van der Waals surface area contributed by atoms with Crippen molar-refractivity contribution in [2.75, 3.05) is 13.2 Å². The molecule has 1 rings (SSSR count). The summed E-state index contributed by atoms with van der Waals surface area (Å²) in [5, 5.41) is 22.5. The van der Waals surface area contributed by atoms with Gasteiger partial charge in [-0.15, -0.1) is 0 Å². The summed E-state index contributed by atoms with van der Waals surface area (Å²) in [5.41, 5.74) is 1.07. The van der Waals surface area contributed by atoms with E-state index in [1.165, 1.54) is 0 Å². The molecule has 0 aliphatic rings. The zero-order chi connectivity index (χ0) is 15.2. The third-order valence-electron chi connectivity index (χ3n) is 3.61. The average Bonchev–Trinajstić information content (AvgIpc) is 2.41. The molecule has 0 aromatic heterocycles. The summed E-state index contributed by atoms with van der Waals surface area (Å²) in [6.07, 6.45) is 2.73. The predicted octanol–water partition coefficient (Wildman–Crippen LogP) is 3.99. The van der Waals surface area contributed by atoms with Crippen LogP contribution in [0.3, 0.4) is 0 Å². The van der Waals surface area contributed by atoms with Crippen molar-refractivity contribution in [1.29, 1.82) is 0 Å². The Balaban J connectivity index is 2.70. The Hall–Kier alpha value is -0.580. The number of aliphatic hydroxyl groups is 1. The smallest absolute Gasteiger partial charge is 0.120 e. The van der Waals surface area contributed by atoms with Crippen LogP contribution in [0.4, 0.5) is 0 Å². The molecular weight excluding hydrogens is 318 g/mol. The molecular formula is C16H26BrNO2. The number of aliphatic hydroxyl groups excluding tert-OH is 1. The molecule has 0 aliphatic carbocycles. The topological polar surface area (TPSA) is 52.5 Å². The van der Waals surface area contributed by atoms with Gasteiger partial charge in [0, 0.05) is 29.2 Å². The van der Waals surface area contributed by atoms with Gasteiger partial charge in [0.1, 0.15) is 5.75 Å². The van der Waals surface area contributed by atoms with Crippen LogP contribution < -0.4 is 5.32 Å². The lowest BCUT2D eigenvalue weighted by molar-refractivity contribution is 0.231. The Morgan fingerprint density at radius 2 is 2.05 bits per heavy atom. The molecule has 1 unspecified atom stereocenters. The van der Waals surface area contributed by atoms with Crippen molar-refractivity contribution in [3.8, 4) is 5.75 Å². The molecule has 1 aromatic rings. The summed E-state index contributed by atoms with van der Waals surface area (Å²) in [6, 6.07) is 5.68. The molecule has 0 amide bonds. The standard InChI is InChI=1S/C16H26BrNO2/c1-4-14(13-10-12(17)6-7-15(13)20)18-11-16(2,3)8-5-9-19/h6-7,10,14,18-20H,4-5,8-9,11H2,1-3H3. The molecule has 0 radical (unpaired) electrons. The molecule has 0 bridgehead atoms. The molecule has 3 nitrogen and oxygen atoms in total. The summed E-state index contributed by atoms with van der Waals surface area (Å²) in [5.74, 6) is 0.334. The monoisotopic (exact) mass is 343 g/mol. The summed E-state index contributed by atoms with van der Waals surface area (Å²) in [4.78, 5) is 0. The highest BCUT2D eigenvalue weighted by Crippen LogP contribution is 2.30. The molecule has 0 saturated carbocycles. The van der Waals surface area contributed by atoms with Gasteiger partial charge < -0.3 is 15.5 Å². The summed E-state index contributed by atoms with van der Waals surface area (Å²) in [7, 11) is 0. The predicted molar refractivity (Wildman–Crippen MR) is 86.9 cm³/mol. The fraction of sp³-hybridized carbons (Fsp3) is 0.625. The van der Waals surface area contributed by atoms with Crippen LogP contribution in [0.5, 0.6) is 5.75 Å². The minimum absolute atomic E-state index is 0.137. The highest BCUT2D eigenvalue weighted by Gasteiger charge is 2.20. The molecule has 1 aromatic carbocycles. The quantitative estimate of drug-likeness (QED) is 0.668. The third-order valence-corrected chi connectivity index (χ3v) is 4.11. The number of nitrogens with one attached hydrogen (secondary N) is 1. The van der Waals surface area contributed by atoms with E-state index in [0.29, 0.717) is 5.75 Å². The fourth-order valence-corrected chi connectivity index (χ4v) is 2.70. The maximum absolute atomic E-state index is 10.0. The van der Waals surface area contributed by atoms with E-state index >= 15 is 0 Å². The largest absolute Gasteiger partial charge is 0.508 e. The zero-order valence-electron chi connectivity index (χ0n) is 12.6. The number of rotatable bonds is 8. The second-order valence-electron chi connectivity index (χ2n) is 6.04. The number of hydrogen-bond donors (Lipinski definition) is 3. The number of benzene rings is 1. The van der Waals surface area contributed by atoms with Crippen LogP contribution in [0.2, 0.25) is 0 Å². The Morgan fingerprint density at radius 1 is 1.35 bits per heavy atom. The van der Waals surface area contributed by atoms with Gasteiger partial charge in [-0.2, -0.15) is 0 Å². The first-order valence-corrected chi connectivity index (χ1v) is 8.01. The molecule has 0 aliphatic heterocycles. The molecule has 0 spiro atoms. The van der Waals surface area contributed by atoms with E-state index in [1.807, 2.05) is 12.1 Å². The minimum atomic E-state index is 0.137. The molecule has 4 heteroatoms. The average molecular weight is 344 g/mol. The van der Waals surface area contributed by atoms with E-state index in [4.69, 9.17) is 5.11 Å². The maximum Gasteiger partial charge on any atom is 0.120 e. The van der Waals surface area contributed by atoms with Gasteiger partial charge in [0.05, 0.1) is 0 Å². The number of halogens is 1. The fourth-order valence-electron chi connectivity index (χ4n) is 2.32. The minimum Gasteiger partial charge on any atom is -0.508 e. The summed E-state index contributed by atoms with van der Waals surface area (Å²) in [6.45, 7) is 7.61. The van der Waals surface area contributed by atoms with Gasteiger partial charge in [0.25, 0.3) is 0 Å². The van der Waals surface area contributed by atoms with E-state index in [0.717, 1.165) is 35.8 Å². The van der Waals surface area contributed by atoms with Crippen molar-refractivity contribution in [1.82, 2.24) is 5.32 Å². The van der Waals surface area contributed by atoms with Gasteiger partial charge in [-0.1, -0.05) is 36.7 Å². The van der Waals surface area contributed by atoms with Gasteiger partial charge in [0.15, 0.2) is 0 Å². The molecule has 114 valence electrons. The van der Waals surface area contributed by atoms with E-state index in [1.54, 1.807) is 6.07 Å². The van der Waals surface area contributed by atoms with Crippen LogP contribution in [0.15, 0.2) is 22.7 Å². The Labute approximate surface area is 130 Å². The van der Waals surface area contributed by atoms with Crippen LogP contribution in [-0.4, -0.2) is 23.4 Å². The Kier molecular flexibility index (Phi) is 7.00. The van der Waals surface area contributed by atoms with Gasteiger partial charge in [0.2, 0.25) is 0 Å². The lowest BCUT2D eigenvalue weighted by atomic mass is 9.87. The Bertz CT molecular complexity index is 421. The van der Waals surface area contributed by atoms with Crippen LogP contribution in [0.1, 0.15) is 51.6 Å². The van der Waals surface area contributed by atoms with Gasteiger partial charge in [-0.25, -0.2) is 0 Å². The SMILES string of the molecule is CCC(NCC(C)(C)CCCO)c1cc(Br)ccc1O. The molecule has 20 heavy (non-hydrogen) atoms. The third kappa shape index (κ3) is 5.43. The van der Waals surface area contributed by atoms with Gasteiger partial charge in [-0.3, -0.25) is 0 Å². The first kappa shape index (κ1) is 17.5. The van der Waals surface area contributed by atoms with Gasteiger partial charge >= 0.3 is 0 Å². The molecule has 0 fully saturated rings. The van der Waals surface area contributed by atoms with Crippen molar-refractivity contribution in [3.63, 3.8) is 0 Å². The van der Waals surface area contributed by atoms with Crippen LogP contribution in [0.25, 0.3) is 0 Å². The second-order valence-corrected chi connectivity index (χ2v) is 6.95. The lowest BCUT2D eigenvalue weighted by Gasteiger charge is -2.28. The first-order valence-electron chi connectivity index (χ1n) is 7.22. The van der Waals surface area contributed by atoms with E-state index in [-0.39, 0.29) is 18.1 Å². The van der Waals surface area contributed by atoms with Crippen molar-refractivity contribution < 1.29 is 10.2 Å². The van der Waals surface area contributed by atoms with E-state index in [2.05, 4.69) is 42.0 Å². The van der Waals surface area contributed by atoms with E-state index in [9.17, 15) is 5.11 Å². The Morgan fingerprint density at radius 3 is 2.65 bits per heavy atom. The zero-order valence-corrected chi connectivity index (χ0v) is 14.2. The number of hydrogen-bond acceptors (Lipinski definition) is 3. The number of phenols is 1. The first-order chi connectivity index (χ1) is 9.39. The van der Waals surface area contributed by atoms with Crippen LogP contribution in [0, 0.1) is 5.41 Å². The highest BCUT2D eigenvalue weighted by atomic mass is 79.9.